The molecule has 4 heteroatoms. The number of nitrogens with zero attached hydrogens (tertiary/aromatic N) is 1. The molecular weight excluding hydrogens is 218 g/mol. The van der Waals surface area contributed by atoms with E-state index >= 15 is 0 Å². The van der Waals surface area contributed by atoms with Crippen LogP contribution in [0, 0.1) is 5.92 Å². The summed E-state index contributed by atoms with van der Waals surface area (Å²) in [6.45, 7) is 6.75. The minimum atomic E-state index is -1.01. The van der Waals surface area contributed by atoms with Gasteiger partial charge in [-0.3, -0.25) is 0 Å². The molecule has 17 heavy (non-hydrogen) atoms. The predicted octanol–water partition coefficient (Wildman–Crippen LogP) is 2.73. The summed E-state index contributed by atoms with van der Waals surface area (Å²) in [7, 11) is 0. The summed E-state index contributed by atoms with van der Waals surface area (Å²) in [6.07, 6.45) is 2.67. The molecule has 0 spiro atoms. The van der Waals surface area contributed by atoms with Crippen molar-refractivity contribution in [2.24, 2.45) is 5.92 Å². The molecule has 1 N–H and O–H groups in total. The van der Waals surface area contributed by atoms with E-state index in [4.69, 9.17) is 9.84 Å². The number of carbonyl (C=O) groups is 1. The SMILES string of the molecule is CC(C)CC(C)OCc1ccnc(C(=O)O)c1. The van der Waals surface area contributed by atoms with Gasteiger partial charge in [-0.25, -0.2) is 9.78 Å². The minimum absolute atomic E-state index is 0.0580. The Morgan fingerprint density at radius 2 is 2.18 bits per heavy atom. The monoisotopic (exact) mass is 237 g/mol. The van der Waals surface area contributed by atoms with Crippen LogP contribution in [-0.2, 0) is 11.3 Å². The Morgan fingerprint density at radius 3 is 2.76 bits per heavy atom. The van der Waals surface area contributed by atoms with Gasteiger partial charge in [0.15, 0.2) is 0 Å². The van der Waals surface area contributed by atoms with Gasteiger partial charge in [0, 0.05) is 6.20 Å². The molecule has 0 aliphatic rings. The minimum Gasteiger partial charge on any atom is -0.477 e. The lowest BCUT2D eigenvalue weighted by Crippen LogP contribution is -2.11. The van der Waals surface area contributed by atoms with E-state index in [9.17, 15) is 4.79 Å². The van der Waals surface area contributed by atoms with Gasteiger partial charge in [-0.1, -0.05) is 13.8 Å². The average Bonchev–Trinajstić information content (AvgIpc) is 2.26. The second-order valence-electron chi connectivity index (χ2n) is 4.61. The van der Waals surface area contributed by atoms with Crippen LogP contribution in [0.3, 0.4) is 0 Å². The van der Waals surface area contributed by atoms with Crippen LogP contribution in [0.1, 0.15) is 43.2 Å². The summed E-state index contributed by atoms with van der Waals surface area (Å²) in [5, 5.41) is 8.80. The fourth-order valence-corrected chi connectivity index (χ4v) is 1.65. The van der Waals surface area contributed by atoms with Crippen LogP contribution in [0.15, 0.2) is 18.3 Å². The Bertz CT molecular complexity index is 377. The third-order valence-electron chi connectivity index (χ3n) is 2.38. The van der Waals surface area contributed by atoms with Crippen LogP contribution in [0.2, 0.25) is 0 Å². The van der Waals surface area contributed by atoms with E-state index in [1.807, 2.05) is 6.92 Å². The molecule has 0 radical (unpaired) electrons. The predicted molar refractivity (Wildman–Crippen MR) is 64.9 cm³/mol. The average molecular weight is 237 g/mol. The van der Waals surface area contributed by atoms with Gasteiger partial charge in [0.1, 0.15) is 5.69 Å². The summed E-state index contributed by atoms with van der Waals surface area (Å²) in [6, 6.07) is 3.32. The Hall–Kier alpha value is -1.42. The van der Waals surface area contributed by atoms with Crippen LogP contribution in [0.5, 0.6) is 0 Å². The van der Waals surface area contributed by atoms with Gasteiger partial charge in [0.25, 0.3) is 0 Å². The molecule has 0 saturated carbocycles. The molecule has 1 aromatic heterocycles. The number of ether oxygens (including phenoxy) is 1. The zero-order valence-corrected chi connectivity index (χ0v) is 10.5. The van der Waals surface area contributed by atoms with Crippen molar-refractivity contribution in [3.63, 3.8) is 0 Å². The van der Waals surface area contributed by atoms with E-state index < -0.39 is 5.97 Å². The Kier molecular flexibility index (Phi) is 5.10. The number of carboxylic acid groups (broad SMARTS) is 1. The maximum Gasteiger partial charge on any atom is 0.354 e. The van der Waals surface area contributed by atoms with Crippen molar-refractivity contribution < 1.29 is 14.6 Å². The first-order valence-corrected chi connectivity index (χ1v) is 5.79. The van der Waals surface area contributed by atoms with E-state index in [-0.39, 0.29) is 11.8 Å². The highest BCUT2D eigenvalue weighted by molar-refractivity contribution is 5.85. The summed E-state index contributed by atoms with van der Waals surface area (Å²) in [5.41, 5.74) is 0.899. The van der Waals surface area contributed by atoms with Crippen molar-refractivity contribution in [1.29, 1.82) is 0 Å². The number of rotatable bonds is 6. The number of hydrogen-bond donors (Lipinski definition) is 1. The smallest absolute Gasteiger partial charge is 0.354 e. The fourth-order valence-electron chi connectivity index (χ4n) is 1.65. The molecule has 0 aromatic carbocycles. The molecule has 0 fully saturated rings. The Labute approximate surface area is 102 Å². The number of aromatic carboxylic acids is 1. The molecule has 4 nitrogen and oxygen atoms in total. The molecule has 1 atom stereocenters. The standard InChI is InChI=1S/C13H19NO3/c1-9(2)6-10(3)17-8-11-4-5-14-12(7-11)13(15)16/h4-5,7,9-10H,6,8H2,1-3H3,(H,15,16). The normalized spacial score (nSPS) is 12.7. The van der Waals surface area contributed by atoms with Gasteiger partial charge in [0.2, 0.25) is 0 Å². The van der Waals surface area contributed by atoms with Gasteiger partial charge in [0.05, 0.1) is 12.7 Å². The summed E-state index contributed by atoms with van der Waals surface area (Å²) < 4.78 is 5.65. The van der Waals surface area contributed by atoms with E-state index in [0.29, 0.717) is 12.5 Å². The van der Waals surface area contributed by atoms with Crippen molar-refractivity contribution >= 4 is 5.97 Å². The molecule has 1 unspecified atom stereocenters. The molecule has 0 saturated heterocycles. The zero-order valence-electron chi connectivity index (χ0n) is 10.5. The number of carboxylic acids is 1. The van der Waals surface area contributed by atoms with Crippen LogP contribution in [-0.4, -0.2) is 22.2 Å². The first-order chi connectivity index (χ1) is 7.99. The molecule has 0 bridgehead atoms. The molecule has 1 heterocycles. The van der Waals surface area contributed by atoms with Gasteiger partial charge in [-0.05, 0) is 37.0 Å². The first kappa shape index (κ1) is 13.6. The molecule has 94 valence electrons. The molecule has 0 aliphatic heterocycles. The maximum absolute atomic E-state index is 10.7. The lowest BCUT2D eigenvalue weighted by atomic mass is 10.1. The molecular formula is C13H19NO3. The van der Waals surface area contributed by atoms with E-state index in [0.717, 1.165) is 12.0 Å². The molecule has 1 aromatic rings. The maximum atomic E-state index is 10.7. The molecule has 0 aliphatic carbocycles. The van der Waals surface area contributed by atoms with Crippen LogP contribution < -0.4 is 0 Å². The number of hydrogen-bond acceptors (Lipinski definition) is 3. The van der Waals surface area contributed by atoms with Gasteiger partial charge in [-0.2, -0.15) is 0 Å². The van der Waals surface area contributed by atoms with Crippen LogP contribution in [0.25, 0.3) is 0 Å². The van der Waals surface area contributed by atoms with Crippen molar-refractivity contribution in [3.8, 4) is 0 Å². The lowest BCUT2D eigenvalue weighted by molar-refractivity contribution is 0.0396. The number of pyridine rings is 1. The van der Waals surface area contributed by atoms with Crippen molar-refractivity contribution in [2.45, 2.75) is 39.9 Å². The highest BCUT2D eigenvalue weighted by Crippen LogP contribution is 2.11. The summed E-state index contributed by atoms with van der Waals surface area (Å²) >= 11 is 0. The lowest BCUT2D eigenvalue weighted by Gasteiger charge is -2.15. The highest BCUT2D eigenvalue weighted by atomic mass is 16.5. The Balaban J connectivity index is 2.51. The van der Waals surface area contributed by atoms with Gasteiger partial charge < -0.3 is 9.84 Å². The highest BCUT2D eigenvalue weighted by Gasteiger charge is 2.08. The van der Waals surface area contributed by atoms with Crippen molar-refractivity contribution in [2.75, 3.05) is 0 Å². The van der Waals surface area contributed by atoms with Gasteiger partial charge >= 0.3 is 5.97 Å². The molecule has 1 rings (SSSR count). The van der Waals surface area contributed by atoms with Crippen molar-refractivity contribution in [1.82, 2.24) is 4.98 Å². The van der Waals surface area contributed by atoms with Crippen LogP contribution >= 0.6 is 0 Å². The summed E-state index contributed by atoms with van der Waals surface area (Å²) in [5.74, 6) is -0.418. The zero-order chi connectivity index (χ0) is 12.8. The topological polar surface area (TPSA) is 59.4 Å². The largest absolute Gasteiger partial charge is 0.477 e. The third kappa shape index (κ3) is 4.95. The first-order valence-electron chi connectivity index (χ1n) is 5.79. The van der Waals surface area contributed by atoms with E-state index in [1.54, 1.807) is 12.1 Å². The van der Waals surface area contributed by atoms with Crippen molar-refractivity contribution in [3.05, 3.63) is 29.6 Å². The summed E-state index contributed by atoms with van der Waals surface area (Å²) in [4.78, 5) is 14.5. The third-order valence-corrected chi connectivity index (χ3v) is 2.38. The molecule has 0 amide bonds. The Morgan fingerprint density at radius 1 is 1.47 bits per heavy atom. The second kappa shape index (κ2) is 6.35. The van der Waals surface area contributed by atoms with E-state index in [1.165, 1.54) is 6.20 Å². The number of aromatic nitrogens is 1. The second-order valence-corrected chi connectivity index (χ2v) is 4.61. The fraction of sp³-hybridized carbons (Fsp3) is 0.538. The quantitative estimate of drug-likeness (QED) is 0.826. The van der Waals surface area contributed by atoms with Gasteiger partial charge in [-0.15, -0.1) is 0 Å². The van der Waals surface area contributed by atoms with E-state index in [2.05, 4.69) is 18.8 Å². The van der Waals surface area contributed by atoms with Crippen LogP contribution in [0.4, 0.5) is 0 Å².